The van der Waals surface area contributed by atoms with E-state index in [1.54, 1.807) is 31.6 Å². The molecule has 0 saturated heterocycles. The summed E-state index contributed by atoms with van der Waals surface area (Å²) < 4.78 is 5.15. The summed E-state index contributed by atoms with van der Waals surface area (Å²) in [6.07, 6.45) is 6.68. The summed E-state index contributed by atoms with van der Waals surface area (Å²) in [6, 6.07) is 4.94. The van der Waals surface area contributed by atoms with Gasteiger partial charge in [0.25, 0.3) is 0 Å². The van der Waals surface area contributed by atoms with E-state index in [4.69, 9.17) is 16.3 Å². The van der Waals surface area contributed by atoms with Crippen molar-refractivity contribution in [3.8, 4) is 5.75 Å². The quantitative estimate of drug-likeness (QED) is 0.786. The molecule has 0 bridgehead atoms. The first-order valence-corrected chi connectivity index (χ1v) is 8.94. The highest BCUT2D eigenvalue weighted by molar-refractivity contribution is 6.32. The molecular weight excluding hydrogens is 340 g/mol. The summed E-state index contributed by atoms with van der Waals surface area (Å²) in [4.78, 5) is 20.6. The Kier molecular flexibility index (Phi) is 4.17. The largest absolute Gasteiger partial charge is 0.495 e. The van der Waals surface area contributed by atoms with Gasteiger partial charge in [0, 0.05) is 17.8 Å². The Morgan fingerprint density at radius 3 is 2.92 bits per heavy atom. The van der Waals surface area contributed by atoms with E-state index in [0.717, 1.165) is 37.1 Å². The van der Waals surface area contributed by atoms with Crippen LogP contribution in [0.15, 0.2) is 24.5 Å². The van der Waals surface area contributed by atoms with Crippen molar-refractivity contribution in [1.29, 1.82) is 0 Å². The number of anilines is 1. The van der Waals surface area contributed by atoms with Crippen LogP contribution in [0.1, 0.15) is 37.1 Å². The van der Waals surface area contributed by atoms with E-state index in [1.807, 2.05) is 0 Å². The number of amides is 1. The van der Waals surface area contributed by atoms with Crippen LogP contribution in [0.3, 0.4) is 0 Å². The van der Waals surface area contributed by atoms with Gasteiger partial charge in [0.2, 0.25) is 5.91 Å². The molecule has 2 aromatic rings. The number of hydrogen-bond acceptors (Lipinski definition) is 4. The lowest BCUT2D eigenvalue weighted by molar-refractivity contribution is -0.119. The first-order chi connectivity index (χ1) is 12.1. The van der Waals surface area contributed by atoms with Gasteiger partial charge in [-0.25, -0.2) is 4.98 Å². The van der Waals surface area contributed by atoms with Crippen molar-refractivity contribution < 1.29 is 9.53 Å². The molecule has 25 heavy (non-hydrogen) atoms. The van der Waals surface area contributed by atoms with Crippen LogP contribution in [0.5, 0.6) is 5.75 Å². The molecule has 1 saturated carbocycles. The number of hydrogen-bond donors (Lipinski definition) is 3. The Morgan fingerprint density at radius 2 is 2.20 bits per heavy atom. The number of carbonyl (C=O) groups is 1. The molecule has 1 unspecified atom stereocenters. The average molecular weight is 361 g/mol. The zero-order chi connectivity index (χ0) is 17.4. The molecule has 1 aliphatic carbocycles. The first kappa shape index (κ1) is 16.4. The molecule has 0 radical (unpaired) electrons. The summed E-state index contributed by atoms with van der Waals surface area (Å²) >= 11 is 6.14. The van der Waals surface area contributed by atoms with Gasteiger partial charge in [-0.15, -0.1) is 0 Å². The molecule has 1 aromatic heterocycles. The maximum Gasteiger partial charge on any atom is 0.241 e. The molecule has 132 valence electrons. The van der Waals surface area contributed by atoms with Crippen LogP contribution in [0, 0.1) is 0 Å². The molecule has 1 aliphatic heterocycles. The van der Waals surface area contributed by atoms with E-state index in [1.165, 1.54) is 0 Å². The molecule has 1 spiro atoms. The van der Waals surface area contributed by atoms with Crippen LogP contribution in [-0.2, 0) is 16.8 Å². The highest BCUT2D eigenvalue weighted by atomic mass is 35.5. The standard InChI is InChI=1S/C18H21ClN4O2/c1-25-15-5-4-11(8-12(15)19)22-17(24)14-9-13-16(21-10-20-13)18(23-14)6-2-3-7-18/h4-5,8,10,14,23H,2-3,6-7,9H2,1H3,(H,20,21)(H,22,24). The molecule has 2 aliphatic rings. The van der Waals surface area contributed by atoms with E-state index in [-0.39, 0.29) is 17.5 Å². The maximum atomic E-state index is 12.8. The number of fused-ring (bicyclic) bond motifs is 2. The maximum absolute atomic E-state index is 12.8. The Labute approximate surface area is 151 Å². The number of nitrogens with zero attached hydrogens (tertiary/aromatic N) is 1. The summed E-state index contributed by atoms with van der Waals surface area (Å²) in [5, 5.41) is 7.01. The number of halogens is 1. The summed E-state index contributed by atoms with van der Waals surface area (Å²) in [6.45, 7) is 0. The van der Waals surface area contributed by atoms with Gasteiger partial charge in [-0.2, -0.15) is 0 Å². The Morgan fingerprint density at radius 1 is 1.40 bits per heavy atom. The molecule has 7 heteroatoms. The SMILES string of the molecule is COc1ccc(NC(=O)C2Cc3[nH]cnc3C3(CCCC3)N2)cc1Cl. The van der Waals surface area contributed by atoms with Crippen molar-refractivity contribution in [3.05, 3.63) is 40.9 Å². The monoisotopic (exact) mass is 360 g/mol. The first-order valence-electron chi connectivity index (χ1n) is 8.56. The smallest absolute Gasteiger partial charge is 0.241 e. The molecule has 6 nitrogen and oxygen atoms in total. The highest BCUT2D eigenvalue weighted by Gasteiger charge is 2.45. The van der Waals surface area contributed by atoms with Crippen molar-refractivity contribution in [2.24, 2.45) is 0 Å². The summed E-state index contributed by atoms with van der Waals surface area (Å²) in [5.41, 5.74) is 2.64. The minimum Gasteiger partial charge on any atom is -0.495 e. The van der Waals surface area contributed by atoms with E-state index >= 15 is 0 Å². The number of aromatic nitrogens is 2. The lowest BCUT2D eigenvalue weighted by atomic mass is 9.84. The third-order valence-corrected chi connectivity index (χ3v) is 5.52. The van der Waals surface area contributed by atoms with Crippen molar-refractivity contribution in [1.82, 2.24) is 15.3 Å². The van der Waals surface area contributed by atoms with Crippen LogP contribution in [-0.4, -0.2) is 29.0 Å². The van der Waals surface area contributed by atoms with Crippen molar-refractivity contribution in [3.63, 3.8) is 0 Å². The Bertz CT molecular complexity index is 798. The van der Waals surface area contributed by atoms with E-state index in [0.29, 0.717) is 22.9 Å². The van der Waals surface area contributed by atoms with Crippen LogP contribution in [0.4, 0.5) is 5.69 Å². The number of nitrogens with one attached hydrogen (secondary N) is 3. The molecule has 1 aromatic carbocycles. The van der Waals surface area contributed by atoms with Gasteiger partial charge in [-0.1, -0.05) is 24.4 Å². The fourth-order valence-corrected chi connectivity index (χ4v) is 4.30. The third-order valence-electron chi connectivity index (χ3n) is 5.22. The second-order valence-corrected chi connectivity index (χ2v) is 7.17. The van der Waals surface area contributed by atoms with Gasteiger partial charge in [0.05, 0.1) is 35.7 Å². The number of rotatable bonds is 3. The normalized spacial score (nSPS) is 21.1. The van der Waals surface area contributed by atoms with E-state index in [2.05, 4.69) is 20.6 Å². The number of benzene rings is 1. The van der Waals surface area contributed by atoms with Crippen LogP contribution >= 0.6 is 11.6 Å². The van der Waals surface area contributed by atoms with Gasteiger partial charge in [-0.05, 0) is 31.0 Å². The second kappa shape index (κ2) is 6.35. The molecule has 1 atom stereocenters. The number of imidazole rings is 1. The fraction of sp³-hybridized carbons (Fsp3) is 0.444. The average Bonchev–Trinajstić information content (AvgIpc) is 3.25. The number of H-pyrrole nitrogens is 1. The number of ether oxygens (including phenoxy) is 1. The zero-order valence-electron chi connectivity index (χ0n) is 14.1. The van der Waals surface area contributed by atoms with Gasteiger partial charge in [0.1, 0.15) is 5.75 Å². The molecule has 2 heterocycles. The number of carbonyl (C=O) groups excluding carboxylic acids is 1. The van der Waals surface area contributed by atoms with E-state index < -0.39 is 0 Å². The lowest BCUT2D eigenvalue weighted by Gasteiger charge is -2.38. The van der Waals surface area contributed by atoms with Gasteiger partial charge in [0.15, 0.2) is 0 Å². The van der Waals surface area contributed by atoms with Crippen LogP contribution in [0.25, 0.3) is 0 Å². The summed E-state index contributed by atoms with van der Waals surface area (Å²) in [7, 11) is 1.56. The van der Waals surface area contributed by atoms with Gasteiger partial charge < -0.3 is 15.0 Å². The van der Waals surface area contributed by atoms with Crippen molar-refractivity contribution in [2.45, 2.75) is 43.7 Å². The second-order valence-electron chi connectivity index (χ2n) is 6.76. The van der Waals surface area contributed by atoms with E-state index in [9.17, 15) is 4.79 Å². The topological polar surface area (TPSA) is 79.0 Å². The number of aromatic amines is 1. The summed E-state index contributed by atoms with van der Waals surface area (Å²) in [5.74, 6) is 0.523. The third kappa shape index (κ3) is 2.89. The van der Waals surface area contributed by atoms with Crippen LogP contribution < -0.4 is 15.4 Å². The minimum absolute atomic E-state index is 0.0623. The highest BCUT2D eigenvalue weighted by Crippen LogP contribution is 2.42. The lowest BCUT2D eigenvalue weighted by Crippen LogP contribution is -2.56. The fourth-order valence-electron chi connectivity index (χ4n) is 4.04. The van der Waals surface area contributed by atoms with Gasteiger partial charge in [-0.3, -0.25) is 10.1 Å². The molecule has 1 amide bonds. The minimum atomic E-state index is -0.299. The Hall–Kier alpha value is -2.05. The predicted octanol–water partition coefficient (Wildman–Crippen LogP) is 2.99. The zero-order valence-corrected chi connectivity index (χ0v) is 14.8. The molecular formula is C18H21ClN4O2. The number of methoxy groups -OCH3 is 1. The molecule has 3 N–H and O–H groups in total. The predicted molar refractivity (Wildman–Crippen MR) is 96.0 cm³/mol. The Balaban J connectivity index is 1.54. The van der Waals surface area contributed by atoms with Crippen LogP contribution in [0.2, 0.25) is 5.02 Å². The molecule has 1 fully saturated rings. The van der Waals surface area contributed by atoms with Gasteiger partial charge >= 0.3 is 0 Å². The van der Waals surface area contributed by atoms with Crippen molar-refractivity contribution >= 4 is 23.2 Å². The molecule has 4 rings (SSSR count). The van der Waals surface area contributed by atoms with Crippen molar-refractivity contribution in [2.75, 3.05) is 12.4 Å².